The van der Waals surface area contributed by atoms with Crippen molar-refractivity contribution in [3.8, 4) is 0 Å². The third-order valence-electron chi connectivity index (χ3n) is 6.76. The van der Waals surface area contributed by atoms with Gasteiger partial charge in [-0.3, -0.25) is 4.79 Å². The summed E-state index contributed by atoms with van der Waals surface area (Å²) in [6, 6.07) is 13.8. The van der Waals surface area contributed by atoms with E-state index >= 15 is 0 Å². The first-order valence-electron chi connectivity index (χ1n) is 11.0. The average Bonchev–Trinajstić information content (AvgIpc) is 3.29. The number of carbonyl (C=O) groups is 1. The van der Waals surface area contributed by atoms with Crippen LogP contribution >= 0.6 is 0 Å². The summed E-state index contributed by atoms with van der Waals surface area (Å²) in [5, 5.41) is 15.5. The Morgan fingerprint density at radius 1 is 1.16 bits per heavy atom. The molecule has 2 aromatic carbocycles. The molecule has 2 atom stereocenters. The Balaban J connectivity index is 1.96. The summed E-state index contributed by atoms with van der Waals surface area (Å²) >= 11 is 0. The molecule has 1 amide bonds. The van der Waals surface area contributed by atoms with Crippen LogP contribution in [-0.2, 0) is 11.8 Å². The number of fused-ring (bicyclic) bond motifs is 1. The molecule has 0 saturated carbocycles. The Labute approximate surface area is 188 Å². The van der Waals surface area contributed by atoms with Gasteiger partial charge in [0.05, 0.1) is 5.41 Å². The van der Waals surface area contributed by atoms with Crippen LogP contribution in [0, 0.1) is 6.92 Å². The van der Waals surface area contributed by atoms with Crippen molar-refractivity contribution in [2.45, 2.75) is 57.9 Å². The third kappa shape index (κ3) is 3.73. The molecule has 0 spiro atoms. The fraction of sp³-hybridized carbons (Fsp3) is 0.360. The Hall–Kier alpha value is -3.32. The van der Waals surface area contributed by atoms with Gasteiger partial charge in [-0.25, -0.2) is 0 Å². The van der Waals surface area contributed by atoms with Crippen LogP contribution in [0.3, 0.4) is 0 Å². The minimum Gasteiger partial charge on any atom is -0.366 e. The number of amides is 1. The number of nitrogens with one attached hydrogen (secondary N) is 1. The van der Waals surface area contributed by atoms with Crippen LogP contribution in [-0.4, -0.2) is 26.5 Å². The summed E-state index contributed by atoms with van der Waals surface area (Å²) in [6.07, 6.45) is 3.11. The van der Waals surface area contributed by atoms with Crippen molar-refractivity contribution in [3.05, 3.63) is 87.3 Å². The van der Waals surface area contributed by atoms with Crippen molar-refractivity contribution in [2.75, 3.05) is 0 Å². The maximum absolute atomic E-state index is 11.9. The summed E-state index contributed by atoms with van der Waals surface area (Å²) < 4.78 is 0. The molecule has 7 nitrogen and oxygen atoms in total. The predicted molar refractivity (Wildman–Crippen MR) is 124 cm³/mol. The minimum atomic E-state index is -0.655. The summed E-state index contributed by atoms with van der Waals surface area (Å²) in [5.41, 5.74) is 19.2. The van der Waals surface area contributed by atoms with Crippen molar-refractivity contribution < 1.29 is 4.79 Å². The van der Waals surface area contributed by atoms with E-state index in [0.717, 1.165) is 36.0 Å². The second kappa shape index (κ2) is 8.67. The van der Waals surface area contributed by atoms with Gasteiger partial charge < -0.3 is 11.5 Å². The Morgan fingerprint density at radius 2 is 1.91 bits per heavy atom. The van der Waals surface area contributed by atoms with Crippen LogP contribution in [0.2, 0.25) is 0 Å². The summed E-state index contributed by atoms with van der Waals surface area (Å²) in [4.78, 5) is 11.9. The van der Waals surface area contributed by atoms with Crippen LogP contribution in [0.4, 0.5) is 0 Å². The standard InChI is InChI=1S/C25H30N6O/c1-4-20-16(3)7-10-18-13-19(23(27)32)11-12-21(18)25(20,24-28-30-31-29-24)14-22(26)17-8-5-15(2)6-9-17/h5-6,8-9,11-13,22H,4,7,10,14,26H2,1-3H3,(H2,27,32)(H,28,29,30,31)/t22-,25?/m0/s1. The molecular weight excluding hydrogens is 400 g/mol. The highest BCUT2D eigenvalue weighted by atomic mass is 16.1. The second-order valence-corrected chi connectivity index (χ2v) is 8.71. The van der Waals surface area contributed by atoms with Gasteiger partial charge in [0.15, 0.2) is 5.82 Å². The Kier molecular flexibility index (Phi) is 5.93. The molecule has 1 heterocycles. The molecule has 4 rings (SSSR count). The van der Waals surface area contributed by atoms with E-state index in [2.05, 4.69) is 65.7 Å². The number of allylic oxidation sites excluding steroid dienone is 2. The SMILES string of the molecule is CCC1=C(C)CCc2cc(C(N)=O)ccc2C1(C[C@H](N)c1ccc(C)cc1)c1nn[nH]n1. The van der Waals surface area contributed by atoms with Gasteiger partial charge in [-0.1, -0.05) is 59.2 Å². The predicted octanol–water partition coefficient (Wildman–Crippen LogP) is 3.66. The summed E-state index contributed by atoms with van der Waals surface area (Å²) in [5.74, 6) is 0.171. The van der Waals surface area contributed by atoms with E-state index in [1.165, 1.54) is 16.7 Å². The van der Waals surface area contributed by atoms with E-state index in [0.29, 0.717) is 17.8 Å². The summed E-state index contributed by atoms with van der Waals surface area (Å²) in [7, 11) is 0. The quantitative estimate of drug-likeness (QED) is 0.515. The lowest BCUT2D eigenvalue weighted by Gasteiger charge is -2.37. The number of aromatic nitrogens is 4. The highest BCUT2D eigenvalue weighted by Crippen LogP contribution is 2.49. The number of aryl methyl sites for hydroxylation is 2. The number of primary amides is 1. The smallest absolute Gasteiger partial charge is 0.248 e. The zero-order valence-electron chi connectivity index (χ0n) is 18.9. The molecule has 5 N–H and O–H groups in total. The van der Waals surface area contributed by atoms with E-state index in [4.69, 9.17) is 11.5 Å². The topological polar surface area (TPSA) is 124 Å². The van der Waals surface area contributed by atoms with Crippen LogP contribution < -0.4 is 11.5 Å². The van der Waals surface area contributed by atoms with Crippen LogP contribution in [0.5, 0.6) is 0 Å². The lowest BCUT2D eigenvalue weighted by molar-refractivity contribution is 0.1000. The molecule has 7 heteroatoms. The normalized spacial score (nSPS) is 19.4. The first-order valence-corrected chi connectivity index (χ1v) is 11.0. The van der Waals surface area contributed by atoms with Crippen molar-refractivity contribution in [1.29, 1.82) is 0 Å². The molecule has 0 fully saturated rings. The van der Waals surface area contributed by atoms with Crippen LogP contribution in [0.15, 0.2) is 53.6 Å². The van der Waals surface area contributed by atoms with E-state index in [-0.39, 0.29) is 6.04 Å². The molecule has 32 heavy (non-hydrogen) atoms. The molecule has 0 bridgehead atoms. The fourth-order valence-corrected chi connectivity index (χ4v) is 5.16. The number of nitrogens with two attached hydrogens (primary N) is 2. The lowest BCUT2D eigenvalue weighted by atomic mass is 9.66. The molecule has 1 unspecified atom stereocenters. The Morgan fingerprint density at radius 3 is 2.53 bits per heavy atom. The molecule has 0 saturated heterocycles. The van der Waals surface area contributed by atoms with Gasteiger partial charge in [0.2, 0.25) is 5.91 Å². The number of benzene rings is 2. The first kappa shape index (κ1) is 21.9. The van der Waals surface area contributed by atoms with Crippen molar-refractivity contribution in [1.82, 2.24) is 20.6 Å². The van der Waals surface area contributed by atoms with Crippen LogP contribution in [0.25, 0.3) is 0 Å². The largest absolute Gasteiger partial charge is 0.366 e. The zero-order chi connectivity index (χ0) is 22.9. The second-order valence-electron chi connectivity index (χ2n) is 8.71. The van der Waals surface area contributed by atoms with Crippen molar-refractivity contribution in [3.63, 3.8) is 0 Å². The van der Waals surface area contributed by atoms with Gasteiger partial charge in [0.25, 0.3) is 0 Å². The van der Waals surface area contributed by atoms with E-state index in [9.17, 15) is 4.79 Å². The van der Waals surface area contributed by atoms with Gasteiger partial charge >= 0.3 is 0 Å². The number of H-pyrrole nitrogens is 1. The zero-order valence-corrected chi connectivity index (χ0v) is 18.9. The molecule has 166 valence electrons. The van der Waals surface area contributed by atoms with Gasteiger partial charge in [-0.2, -0.15) is 5.21 Å². The number of aromatic amines is 1. The number of carbonyl (C=O) groups excluding carboxylic acids is 1. The average molecular weight is 431 g/mol. The fourth-order valence-electron chi connectivity index (χ4n) is 5.16. The van der Waals surface area contributed by atoms with E-state index in [1.54, 1.807) is 6.07 Å². The minimum absolute atomic E-state index is 0.245. The van der Waals surface area contributed by atoms with Gasteiger partial charge in [0.1, 0.15) is 0 Å². The van der Waals surface area contributed by atoms with E-state index in [1.807, 2.05) is 12.1 Å². The lowest BCUT2D eigenvalue weighted by Crippen LogP contribution is -2.37. The maximum atomic E-state index is 11.9. The highest BCUT2D eigenvalue weighted by Gasteiger charge is 2.46. The maximum Gasteiger partial charge on any atom is 0.248 e. The molecule has 3 aromatic rings. The van der Waals surface area contributed by atoms with Crippen LogP contribution in [0.1, 0.15) is 77.6 Å². The Bertz CT molecular complexity index is 1150. The summed E-state index contributed by atoms with van der Waals surface area (Å²) in [6.45, 7) is 6.40. The molecule has 1 aromatic heterocycles. The monoisotopic (exact) mass is 430 g/mol. The molecule has 0 aliphatic heterocycles. The molecular formula is C25H30N6O. The van der Waals surface area contributed by atoms with E-state index < -0.39 is 11.3 Å². The molecule has 1 aliphatic rings. The molecule has 0 radical (unpaired) electrons. The number of tetrazole rings is 1. The number of nitrogens with zero attached hydrogens (tertiary/aromatic N) is 3. The van der Waals surface area contributed by atoms with Gasteiger partial charge in [0, 0.05) is 11.6 Å². The molecule has 1 aliphatic carbocycles. The highest BCUT2D eigenvalue weighted by molar-refractivity contribution is 5.93. The van der Waals surface area contributed by atoms with Gasteiger partial charge in [-0.15, -0.1) is 10.2 Å². The van der Waals surface area contributed by atoms with Crippen molar-refractivity contribution >= 4 is 5.91 Å². The van der Waals surface area contributed by atoms with Gasteiger partial charge in [-0.05, 0) is 68.4 Å². The number of hydrogen-bond donors (Lipinski definition) is 3. The first-order chi connectivity index (χ1) is 15.4. The van der Waals surface area contributed by atoms with Crippen molar-refractivity contribution in [2.24, 2.45) is 11.5 Å². The number of rotatable bonds is 6. The number of hydrogen-bond acceptors (Lipinski definition) is 5. The third-order valence-corrected chi connectivity index (χ3v) is 6.76.